The third-order valence-electron chi connectivity index (χ3n) is 1.38. The topological polar surface area (TPSA) is 50.4 Å². The summed E-state index contributed by atoms with van der Waals surface area (Å²) in [6.07, 6.45) is 0. The van der Waals surface area contributed by atoms with E-state index in [1.165, 1.54) is 7.11 Å². The molecule has 0 aliphatic rings. The molecule has 1 unspecified atom stereocenters. The minimum Gasteiger partial charge on any atom is -0.468 e. The van der Waals surface area contributed by atoms with Gasteiger partial charge in [0.1, 0.15) is 6.04 Å². The number of hydrogen-bond donors (Lipinski definition) is 2. The molecule has 0 aromatic rings. The molecule has 4 nitrogen and oxygen atoms in total. The highest BCUT2D eigenvalue weighted by atomic mass is 16.5. The maximum absolute atomic E-state index is 10.8. The van der Waals surface area contributed by atoms with Crippen molar-refractivity contribution < 1.29 is 9.53 Å². The first-order chi connectivity index (χ1) is 5.22. The Morgan fingerprint density at radius 3 is 2.64 bits per heavy atom. The fourth-order valence-corrected chi connectivity index (χ4v) is 0.674. The number of likely N-dealkylation sites (N-methyl/N-ethyl adjacent to an activating group) is 1. The van der Waals surface area contributed by atoms with E-state index >= 15 is 0 Å². The SMILES string of the molecule is CNCCNC(C)C(=O)OC. The quantitative estimate of drug-likeness (QED) is 0.415. The summed E-state index contributed by atoms with van der Waals surface area (Å²) < 4.78 is 4.52. The van der Waals surface area contributed by atoms with E-state index < -0.39 is 0 Å². The molecule has 1 atom stereocenters. The first-order valence-corrected chi connectivity index (χ1v) is 3.68. The van der Waals surface area contributed by atoms with E-state index in [9.17, 15) is 4.79 Å². The van der Waals surface area contributed by atoms with Crippen molar-refractivity contribution in [3.05, 3.63) is 0 Å². The molecule has 0 saturated carbocycles. The maximum atomic E-state index is 10.8. The molecule has 11 heavy (non-hydrogen) atoms. The van der Waals surface area contributed by atoms with Crippen LogP contribution in [-0.4, -0.2) is 39.3 Å². The Balaban J connectivity index is 3.36. The molecule has 0 aliphatic heterocycles. The van der Waals surface area contributed by atoms with Gasteiger partial charge in [-0.1, -0.05) is 0 Å². The molecule has 0 saturated heterocycles. The number of methoxy groups -OCH3 is 1. The number of esters is 1. The van der Waals surface area contributed by atoms with E-state index in [2.05, 4.69) is 15.4 Å². The number of carbonyl (C=O) groups excluding carboxylic acids is 1. The second kappa shape index (κ2) is 6.12. The standard InChI is InChI=1S/C7H16N2O2/c1-6(7(10)11-3)9-5-4-8-2/h6,8-9H,4-5H2,1-3H3. The molecule has 0 spiro atoms. The summed E-state index contributed by atoms with van der Waals surface area (Å²) in [5.74, 6) is -0.221. The van der Waals surface area contributed by atoms with Crippen LogP contribution in [0.15, 0.2) is 0 Å². The summed E-state index contributed by atoms with van der Waals surface area (Å²) in [6.45, 7) is 3.40. The lowest BCUT2D eigenvalue weighted by atomic mass is 10.3. The first kappa shape index (κ1) is 10.4. The third-order valence-corrected chi connectivity index (χ3v) is 1.38. The molecule has 0 fully saturated rings. The lowest BCUT2D eigenvalue weighted by molar-refractivity contribution is -0.142. The number of nitrogens with one attached hydrogen (secondary N) is 2. The number of rotatable bonds is 5. The van der Waals surface area contributed by atoms with Crippen LogP contribution in [-0.2, 0) is 9.53 Å². The minimum absolute atomic E-state index is 0.214. The van der Waals surface area contributed by atoms with Crippen molar-refractivity contribution in [1.82, 2.24) is 10.6 Å². The molecule has 4 heteroatoms. The Hall–Kier alpha value is -0.610. The van der Waals surface area contributed by atoms with Crippen LogP contribution in [0.5, 0.6) is 0 Å². The van der Waals surface area contributed by atoms with Gasteiger partial charge in [0.15, 0.2) is 0 Å². The van der Waals surface area contributed by atoms with Crippen LogP contribution in [0.25, 0.3) is 0 Å². The van der Waals surface area contributed by atoms with Crippen molar-refractivity contribution in [2.75, 3.05) is 27.2 Å². The van der Waals surface area contributed by atoms with Crippen LogP contribution in [0, 0.1) is 0 Å². The zero-order valence-electron chi connectivity index (χ0n) is 7.31. The molecule has 2 N–H and O–H groups in total. The highest BCUT2D eigenvalue weighted by Crippen LogP contribution is 1.83. The summed E-state index contributed by atoms with van der Waals surface area (Å²) in [5, 5.41) is 5.96. The van der Waals surface area contributed by atoms with E-state index in [0.717, 1.165) is 13.1 Å². The number of ether oxygens (including phenoxy) is 1. The van der Waals surface area contributed by atoms with Crippen molar-refractivity contribution in [2.24, 2.45) is 0 Å². The smallest absolute Gasteiger partial charge is 0.322 e. The van der Waals surface area contributed by atoms with Crippen LogP contribution in [0.1, 0.15) is 6.92 Å². The van der Waals surface area contributed by atoms with Gasteiger partial charge in [-0.2, -0.15) is 0 Å². The van der Waals surface area contributed by atoms with Crippen molar-refractivity contribution in [2.45, 2.75) is 13.0 Å². The molecule has 0 rings (SSSR count). The Labute approximate surface area is 67.3 Å². The van der Waals surface area contributed by atoms with Crippen molar-refractivity contribution in [3.8, 4) is 0 Å². The summed E-state index contributed by atoms with van der Waals surface area (Å²) in [5.41, 5.74) is 0. The van der Waals surface area contributed by atoms with Gasteiger partial charge < -0.3 is 15.4 Å². The van der Waals surface area contributed by atoms with Gasteiger partial charge in [-0.25, -0.2) is 0 Å². The van der Waals surface area contributed by atoms with E-state index in [0.29, 0.717) is 0 Å². The predicted molar refractivity (Wildman–Crippen MR) is 43.4 cm³/mol. The van der Waals surface area contributed by atoms with Crippen molar-refractivity contribution in [3.63, 3.8) is 0 Å². The van der Waals surface area contributed by atoms with Crippen molar-refractivity contribution >= 4 is 5.97 Å². The Morgan fingerprint density at radius 2 is 2.18 bits per heavy atom. The van der Waals surface area contributed by atoms with E-state index in [4.69, 9.17) is 0 Å². The first-order valence-electron chi connectivity index (χ1n) is 3.68. The van der Waals surface area contributed by atoms with Crippen LogP contribution >= 0.6 is 0 Å². The molecule has 0 radical (unpaired) electrons. The lowest BCUT2D eigenvalue weighted by Gasteiger charge is -2.10. The summed E-state index contributed by atoms with van der Waals surface area (Å²) >= 11 is 0. The molecule has 0 aromatic heterocycles. The molecule has 0 aromatic carbocycles. The van der Waals surface area contributed by atoms with Gasteiger partial charge in [-0.05, 0) is 14.0 Å². The Morgan fingerprint density at radius 1 is 1.55 bits per heavy atom. The minimum atomic E-state index is -0.221. The Bertz CT molecular complexity index is 117. The monoisotopic (exact) mass is 160 g/mol. The Kier molecular flexibility index (Phi) is 5.78. The highest BCUT2D eigenvalue weighted by Gasteiger charge is 2.10. The molecular weight excluding hydrogens is 144 g/mol. The van der Waals surface area contributed by atoms with E-state index in [-0.39, 0.29) is 12.0 Å². The van der Waals surface area contributed by atoms with Gasteiger partial charge in [-0.3, -0.25) is 4.79 Å². The third kappa shape index (κ3) is 4.75. The summed E-state index contributed by atoms with van der Waals surface area (Å²) in [6, 6.07) is -0.214. The normalized spacial score (nSPS) is 12.6. The molecule has 0 bridgehead atoms. The molecule has 0 aliphatic carbocycles. The van der Waals surface area contributed by atoms with Crippen LogP contribution in [0.4, 0.5) is 0 Å². The fraction of sp³-hybridized carbons (Fsp3) is 0.857. The van der Waals surface area contributed by atoms with E-state index in [1.54, 1.807) is 6.92 Å². The zero-order valence-corrected chi connectivity index (χ0v) is 7.31. The van der Waals surface area contributed by atoms with Crippen LogP contribution in [0.2, 0.25) is 0 Å². The second-order valence-electron chi connectivity index (χ2n) is 2.30. The fourth-order valence-electron chi connectivity index (χ4n) is 0.674. The number of hydrogen-bond acceptors (Lipinski definition) is 4. The average molecular weight is 160 g/mol. The molecular formula is C7H16N2O2. The maximum Gasteiger partial charge on any atom is 0.322 e. The van der Waals surface area contributed by atoms with E-state index in [1.807, 2.05) is 7.05 Å². The largest absolute Gasteiger partial charge is 0.468 e. The lowest BCUT2D eigenvalue weighted by Crippen LogP contribution is -2.38. The zero-order chi connectivity index (χ0) is 8.69. The van der Waals surface area contributed by atoms with Crippen LogP contribution < -0.4 is 10.6 Å². The van der Waals surface area contributed by atoms with Gasteiger partial charge in [0.2, 0.25) is 0 Å². The summed E-state index contributed by atoms with van der Waals surface area (Å²) in [7, 11) is 3.25. The van der Waals surface area contributed by atoms with Gasteiger partial charge in [0.05, 0.1) is 7.11 Å². The number of carbonyl (C=O) groups is 1. The predicted octanol–water partition coefficient (Wildman–Crippen LogP) is -0.643. The molecule has 0 amide bonds. The van der Waals surface area contributed by atoms with Gasteiger partial charge in [0, 0.05) is 13.1 Å². The van der Waals surface area contributed by atoms with Gasteiger partial charge in [-0.15, -0.1) is 0 Å². The highest BCUT2D eigenvalue weighted by molar-refractivity contribution is 5.74. The van der Waals surface area contributed by atoms with Gasteiger partial charge >= 0.3 is 5.97 Å². The second-order valence-corrected chi connectivity index (χ2v) is 2.30. The average Bonchev–Trinajstić information content (AvgIpc) is 2.03. The molecule has 66 valence electrons. The van der Waals surface area contributed by atoms with Gasteiger partial charge in [0.25, 0.3) is 0 Å². The molecule has 0 heterocycles. The van der Waals surface area contributed by atoms with Crippen LogP contribution in [0.3, 0.4) is 0 Å². The van der Waals surface area contributed by atoms with Crippen molar-refractivity contribution in [1.29, 1.82) is 0 Å². The summed E-state index contributed by atoms with van der Waals surface area (Å²) in [4.78, 5) is 10.8.